The van der Waals surface area contributed by atoms with Crippen molar-refractivity contribution in [2.45, 2.75) is 13.1 Å². The fraction of sp³-hybridized carbons (Fsp3) is 0.261. The van der Waals surface area contributed by atoms with Crippen LogP contribution in [0.5, 0.6) is 0 Å². The monoisotopic (exact) mass is 507 g/mol. The van der Waals surface area contributed by atoms with Gasteiger partial charge in [-0.05, 0) is 43.3 Å². The summed E-state index contributed by atoms with van der Waals surface area (Å²) in [5, 5.41) is 4.51. The van der Waals surface area contributed by atoms with Gasteiger partial charge in [-0.1, -0.05) is 23.5 Å². The molecule has 3 heterocycles. The highest BCUT2D eigenvalue weighted by Gasteiger charge is 2.49. The van der Waals surface area contributed by atoms with Gasteiger partial charge in [-0.15, -0.1) is 0 Å². The van der Waals surface area contributed by atoms with Gasteiger partial charge in [0.25, 0.3) is 5.91 Å². The van der Waals surface area contributed by atoms with Gasteiger partial charge in [-0.2, -0.15) is 23.3 Å². The van der Waals surface area contributed by atoms with Crippen molar-refractivity contribution in [2.24, 2.45) is 5.10 Å². The summed E-state index contributed by atoms with van der Waals surface area (Å²) in [5.41, 5.74) is -0.0198. The van der Waals surface area contributed by atoms with Crippen LogP contribution in [0, 0.1) is 5.82 Å². The number of carbonyl (C=O) groups is 1. The topological polar surface area (TPSA) is 83.5 Å². The number of carbonyl (C=O) groups excluding carboxylic acids is 1. The van der Waals surface area contributed by atoms with Gasteiger partial charge in [-0.25, -0.2) is 9.37 Å². The second-order valence-corrected chi connectivity index (χ2v) is 8.95. The number of benzene rings is 2. The van der Waals surface area contributed by atoms with Crippen molar-refractivity contribution in [1.82, 2.24) is 9.88 Å². The van der Waals surface area contributed by atoms with E-state index in [1.54, 1.807) is 41.3 Å². The molecule has 0 aliphatic carbocycles. The molecule has 0 spiro atoms. The predicted molar refractivity (Wildman–Crippen MR) is 127 cm³/mol. The van der Waals surface area contributed by atoms with Crippen LogP contribution in [-0.2, 0) is 4.79 Å². The fourth-order valence-electron chi connectivity index (χ4n) is 4.12. The number of rotatable bonds is 3. The van der Waals surface area contributed by atoms with Crippen LogP contribution < -0.4 is 9.91 Å². The SMILES string of the molecule is C/C(=C1/C(=O)N(c2nc3ccccc3s2)N=C1C(F)(F)F)N1CCN(c2ccc(F)cc2)CC1.O. The lowest BCUT2D eigenvalue weighted by Gasteiger charge is -2.38. The van der Waals surface area contributed by atoms with Crippen LogP contribution in [0.25, 0.3) is 10.2 Å². The summed E-state index contributed by atoms with van der Waals surface area (Å²) in [6, 6.07) is 13.2. The van der Waals surface area contributed by atoms with E-state index < -0.39 is 23.4 Å². The number of allylic oxidation sites excluding steroid dienone is 1. The van der Waals surface area contributed by atoms with E-state index in [9.17, 15) is 22.4 Å². The molecule has 5 rings (SSSR count). The number of hydrazone groups is 1. The van der Waals surface area contributed by atoms with Gasteiger partial charge >= 0.3 is 6.18 Å². The lowest BCUT2D eigenvalue weighted by Crippen LogP contribution is -2.46. The molecule has 2 aliphatic rings. The van der Waals surface area contributed by atoms with Crippen molar-refractivity contribution >= 4 is 44.0 Å². The van der Waals surface area contributed by atoms with Crippen LogP contribution in [0.2, 0.25) is 0 Å². The molecule has 1 saturated heterocycles. The van der Waals surface area contributed by atoms with Crippen LogP contribution in [0.4, 0.5) is 28.4 Å². The molecule has 0 unspecified atom stereocenters. The first kappa shape index (κ1) is 24.6. The molecule has 0 bridgehead atoms. The smallest absolute Gasteiger partial charge is 0.412 e. The number of amides is 1. The maximum atomic E-state index is 13.9. The lowest BCUT2D eigenvalue weighted by molar-refractivity contribution is -0.114. The molecule has 2 N–H and O–H groups in total. The van der Waals surface area contributed by atoms with E-state index in [0.717, 1.165) is 26.7 Å². The highest BCUT2D eigenvalue weighted by molar-refractivity contribution is 7.22. The quantitative estimate of drug-likeness (QED) is 0.397. The summed E-state index contributed by atoms with van der Waals surface area (Å²) in [6.45, 7) is 3.37. The summed E-state index contributed by atoms with van der Waals surface area (Å²) in [6.07, 6.45) is -4.80. The molecular weight excluding hydrogens is 486 g/mol. The van der Waals surface area contributed by atoms with Crippen molar-refractivity contribution in [2.75, 3.05) is 36.1 Å². The number of thiazole rings is 1. The van der Waals surface area contributed by atoms with E-state index >= 15 is 0 Å². The van der Waals surface area contributed by atoms with Crippen molar-refractivity contribution in [1.29, 1.82) is 0 Å². The van der Waals surface area contributed by atoms with Crippen LogP contribution >= 0.6 is 11.3 Å². The number of anilines is 2. The Labute approximate surface area is 201 Å². The maximum Gasteiger partial charge on any atom is 0.436 e. The molecule has 184 valence electrons. The molecule has 12 heteroatoms. The summed E-state index contributed by atoms with van der Waals surface area (Å²) in [7, 11) is 0. The second-order valence-electron chi connectivity index (χ2n) is 7.94. The van der Waals surface area contributed by atoms with Gasteiger partial charge in [0.15, 0.2) is 5.71 Å². The number of aromatic nitrogens is 1. The third-order valence-corrected chi connectivity index (χ3v) is 6.89. The maximum absolute atomic E-state index is 13.9. The Morgan fingerprint density at radius 2 is 1.66 bits per heavy atom. The lowest BCUT2D eigenvalue weighted by atomic mass is 10.1. The summed E-state index contributed by atoms with van der Waals surface area (Å²) in [4.78, 5) is 21.3. The van der Waals surface area contributed by atoms with Crippen molar-refractivity contribution < 1.29 is 27.8 Å². The van der Waals surface area contributed by atoms with E-state index in [1.165, 1.54) is 19.1 Å². The molecule has 7 nitrogen and oxygen atoms in total. The van der Waals surface area contributed by atoms with Crippen LogP contribution in [0.3, 0.4) is 0 Å². The number of nitrogens with zero attached hydrogens (tertiary/aromatic N) is 5. The molecule has 0 radical (unpaired) electrons. The number of alkyl halides is 3. The van der Waals surface area contributed by atoms with Gasteiger partial charge in [0.2, 0.25) is 5.13 Å². The molecule has 1 aromatic heterocycles. The van der Waals surface area contributed by atoms with Gasteiger partial charge in [0.1, 0.15) is 5.82 Å². The summed E-state index contributed by atoms with van der Waals surface area (Å²) >= 11 is 1.11. The summed E-state index contributed by atoms with van der Waals surface area (Å²) < 4.78 is 55.7. The van der Waals surface area contributed by atoms with E-state index in [4.69, 9.17) is 0 Å². The Morgan fingerprint density at radius 3 is 2.29 bits per heavy atom. The molecular formula is C23H21F4N5O2S. The number of halogens is 4. The van der Waals surface area contributed by atoms with Crippen molar-refractivity contribution in [3.05, 3.63) is 65.6 Å². The van der Waals surface area contributed by atoms with Crippen LogP contribution in [0.15, 0.2) is 64.9 Å². The van der Waals surface area contributed by atoms with E-state index in [-0.39, 0.29) is 22.1 Å². The Kier molecular flexibility index (Phi) is 6.52. The molecule has 0 atom stereocenters. The van der Waals surface area contributed by atoms with Gasteiger partial charge < -0.3 is 15.3 Å². The summed E-state index contributed by atoms with van der Waals surface area (Å²) in [5.74, 6) is -1.18. The first-order chi connectivity index (χ1) is 16.2. The number of hydrogen-bond acceptors (Lipinski definition) is 6. The minimum atomic E-state index is -4.80. The standard InChI is InChI=1S/C23H19F4N5OS.H2O/c1-14(30-10-12-31(13-11-30)16-8-6-15(24)7-9-16)19-20(23(25,26)27)29-32(21(19)33)22-28-17-4-2-3-5-18(17)34-22;/h2-9H,10-13H2,1H3;1H2/b19-14-;. The van der Waals surface area contributed by atoms with Gasteiger partial charge in [-0.3, -0.25) is 4.79 Å². The minimum Gasteiger partial charge on any atom is -0.412 e. The molecule has 0 saturated carbocycles. The molecule has 35 heavy (non-hydrogen) atoms. The average molecular weight is 508 g/mol. The Bertz CT molecular complexity index is 1280. The van der Waals surface area contributed by atoms with Crippen LogP contribution in [-0.4, -0.2) is 59.3 Å². The first-order valence-corrected chi connectivity index (χ1v) is 11.4. The number of piperazine rings is 1. The highest BCUT2D eigenvalue weighted by Crippen LogP contribution is 2.37. The van der Waals surface area contributed by atoms with Crippen LogP contribution in [0.1, 0.15) is 6.92 Å². The van der Waals surface area contributed by atoms with Gasteiger partial charge in [0, 0.05) is 37.6 Å². The third-order valence-electron chi connectivity index (χ3n) is 5.88. The Balaban J connectivity index is 0.00000289. The van der Waals surface area contributed by atoms with E-state index in [2.05, 4.69) is 10.1 Å². The number of para-hydroxylation sites is 1. The Hall–Kier alpha value is -3.51. The Morgan fingerprint density at radius 1 is 1.00 bits per heavy atom. The average Bonchev–Trinajstić information content (AvgIpc) is 3.40. The number of hydrogen-bond donors (Lipinski definition) is 0. The van der Waals surface area contributed by atoms with E-state index in [0.29, 0.717) is 31.7 Å². The fourth-order valence-corrected chi connectivity index (χ4v) is 5.03. The zero-order chi connectivity index (χ0) is 24.0. The van der Waals surface area contributed by atoms with Gasteiger partial charge in [0.05, 0.1) is 15.8 Å². The zero-order valence-corrected chi connectivity index (χ0v) is 19.3. The predicted octanol–water partition coefficient (Wildman–Crippen LogP) is 3.97. The normalized spacial score (nSPS) is 18.1. The second kappa shape index (κ2) is 9.27. The highest BCUT2D eigenvalue weighted by atomic mass is 32.1. The van der Waals surface area contributed by atoms with Crippen molar-refractivity contribution in [3.63, 3.8) is 0 Å². The van der Waals surface area contributed by atoms with Crippen molar-refractivity contribution in [3.8, 4) is 0 Å². The molecule has 2 aliphatic heterocycles. The molecule has 1 amide bonds. The minimum absolute atomic E-state index is 0. The third kappa shape index (κ3) is 4.58. The zero-order valence-electron chi connectivity index (χ0n) is 18.5. The molecule has 2 aromatic carbocycles. The first-order valence-electron chi connectivity index (χ1n) is 10.5. The number of fused-ring (bicyclic) bond motifs is 1. The molecule has 1 fully saturated rings. The van der Waals surface area contributed by atoms with E-state index in [1.807, 2.05) is 4.90 Å². The molecule has 3 aromatic rings. The largest absolute Gasteiger partial charge is 0.436 e.